The fourth-order valence-electron chi connectivity index (χ4n) is 2.70. The molecule has 19 heavy (non-hydrogen) atoms. The van der Waals surface area contributed by atoms with Crippen molar-refractivity contribution < 1.29 is 8.42 Å². The molecule has 0 spiro atoms. The Morgan fingerprint density at radius 2 is 1.79 bits per heavy atom. The molecular formula is C13H23N3O2S. The number of nitrogens with one attached hydrogen (secondary N) is 1. The van der Waals surface area contributed by atoms with E-state index in [4.69, 9.17) is 0 Å². The molecule has 1 fully saturated rings. The van der Waals surface area contributed by atoms with Crippen molar-refractivity contribution in [2.45, 2.75) is 62.8 Å². The highest BCUT2D eigenvalue weighted by molar-refractivity contribution is 7.89. The fourth-order valence-corrected chi connectivity index (χ4v) is 4.22. The maximum absolute atomic E-state index is 12.4. The van der Waals surface area contributed by atoms with Gasteiger partial charge in [-0.25, -0.2) is 13.1 Å². The van der Waals surface area contributed by atoms with Crippen LogP contribution in [0.1, 0.15) is 50.6 Å². The van der Waals surface area contributed by atoms with E-state index in [1.807, 2.05) is 0 Å². The molecule has 0 aromatic carbocycles. The zero-order valence-corrected chi connectivity index (χ0v) is 12.5. The average molecular weight is 285 g/mol. The van der Waals surface area contributed by atoms with Crippen LogP contribution < -0.4 is 4.72 Å². The Bertz CT molecular complexity index is 514. The number of rotatable bonds is 3. The molecule has 0 aliphatic heterocycles. The highest BCUT2D eigenvalue weighted by Gasteiger charge is 2.23. The Hall–Kier alpha value is -0.880. The first-order chi connectivity index (χ1) is 8.99. The lowest BCUT2D eigenvalue weighted by Crippen LogP contribution is -2.35. The normalized spacial score (nSPS) is 19.1. The molecule has 0 radical (unpaired) electrons. The zero-order valence-electron chi connectivity index (χ0n) is 11.7. The lowest BCUT2D eigenvalue weighted by Gasteiger charge is -2.20. The molecule has 1 aromatic heterocycles. The van der Waals surface area contributed by atoms with Crippen LogP contribution in [0.3, 0.4) is 0 Å². The summed E-state index contributed by atoms with van der Waals surface area (Å²) in [6.45, 7) is 1.73. The highest BCUT2D eigenvalue weighted by atomic mass is 32.2. The largest absolute Gasteiger partial charge is 0.274 e. The molecule has 1 aromatic rings. The van der Waals surface area contributed by atoms with Gasteiger partial charge in [-0.1, -0.05) is 32.1 Å². The first-order valence-corrected chi connectivity index (χ1v) is 8.50. The molecule has 0 saturated heterocycles. The Labute approximate surface area is 115 Å². The topological polar surface area (TPSA) is 64.0 Å². The van der Waals surface area contributed by atoms with Crippen molar-refractivity contribution in [2.24, 2.45) is 7.05 Å². The van der Waals surface area contributed by atoms with Crippen LogP contribution in [0.2, 0.25) is 0 Å². The zero-order chi connectivity index (χ0) is 13.9. The summed E-state index contributed by atoms with van der Waals surface area (Å²) >= 11 is 0. The van der Waals surface area contributed by atoms with Gasteiger partial charge in [0.25, 0.3) is 0 Å². The summed E-state index contributed by atoms with van der Waals surface area (Å²) in [5.74, 6) is 0. The molecule has 6 heteroatoms. The van der Waals surface area contributed by atoms with E-state index in [0.29, 0.717) is 10.6 Å². The van der Waals surface area contributed by atoms with Crippen LogP contribution in [0.5, 0.6) is 0 Å². The van der Waals surface area contributed by atoms with Gasteiger partial charge in [-0.15, -0.1) is 0 Å². The summed E-state index contributed by atoms with van der Waals surface area (Å²) in [5.41, 5.74) is 0.556. The van der Waals surface area contributed by atoms with Crippen molar-refractivity contribution >= 4 is 10.0 Å². The SMILES string of the molecule is Cc1nn(C)cc1S(=O)(=O)NC1CCCCCCC1. The summed E-state index contributed by atoms with van der Waals surface area (Å²) in [6, 6.07) is 0.0740. The van der Waals surface area contributed by atoms with Gasteiger partial charge in [0.15, 0.2) is 0 Å². The van der Waals surface area contributed by atoms with Crippen molar-refractivity contribution in [2.75, 3.05) is 0 Å². The standard InChI is InChI=1S/C13H23N3O2S/c1-11-13(10-16(2)14-11)19(17,18)15-12-8-6-4-3-5-7-9-12/h10,12,15H,3-9H2,1-2H3. The van der Waals surface area contributed by atoms with Gasteiger partial charge in [0.2, 0.25) is 10.0 Å². The molecule has 0 bridgehead atoms. The molecule has 1 N–H and O–H groups in total. The predicted molar refractivity (Wildman–Crippen MR) is 74.4 cm³/mol. The van der Waals surface area contributed by atoms with Crippen molar-refractivity contribution in [3.63, 3.8) is 0 Å². The maximum Gasteiger partial charge on any atom is 0.244 e. The minimum Gasteiger partial charge on any atom is -0.274 e. The Balaban J connectivity index is 2.09. The summed E-state index contributed by atoms with van der Waals surface area (Å²) in [4.78, 5) is 0.303. The van der Waals surface area contributed by atoms with Crippen molar-refractivity contribution in [1.29, 1.82) is 0 Å². The molecule has 1 aliphatic rings. The van der Waals surface area contributed by atoms with Crippen LogP contribution in [0.15, 0.2) is 11.1 Å². The summed E-state index contributed by atoms with van der Waals surface area (Å²) < 4.78 is 29.1. The third-order valence-electron chi connectivity index (χ3n) is 3.68. The molecule has 1 heterocycles. The average Bonchev–Trinajstić information content (AvgIpc) is 2.62. The second-order valence-corrected chi connectivity index (χ2v) is 7.10. The van der Waals surface area contributed by atoms with Gasteiger partial charge < -0.3 is 0 Å². The maximum atomic E-state index is 12.4. The Morgan fingerprint density at radius 3 is 2.32 bits per heavy atom. The highest BCUT2D eigenvalue weighted by Crippen LogP contribution is 2.20. The van der Waals surface area contributed by atoms with E-state index in [1.54, 1.807) is 24.9 Å². The fraction of sp³-hybridized carbons (Fsp3) is 0.769. The molecule has 0 atom stereocenters. The second kappa shape index (κ2) is 6.05. The van der Waals surface area contributed by atoms with E-state index in [9.17, 15) is 8.42 Å². The van der Waals surface area contributed by atoms with Crippen molar-refractivity contribution in [3.05, 3.63) is 11.9 Å². The van der Waals surface area contributed by atoms with E-state index in [2.05, 4.69) is 9.82 Å². The molecule has 2 rings (SSSR count). The molecule has 0 amide bonds. The second-order valence-electron chi connectivity index (χ2n) is 5.42. The summed E-state index contributed by atoms with van der Waals surface area (Å²) in [6.07, 6.45) is 9.38. The summed E-state index contributed by atoms with van der Waals surface area (Å²) in [7, 11) is -1.69. The van der Waals surface area contributed by atoms with Gasteiger partial charge in [0.05, 0.1) is 5.69 Å². The third kappa shape index (κ3) is 3.79. The number of aromatic nitrogens is 2. The molecular weight excluding hydrogens is 262 g/mol. The van der Waals surface area contributed by atoms with Crippen molar-refractivity contribution in [1.82, 2.24) is 14.5 Å². The van der Waals surface area contributed by atoms with E-state index >= 15 is 0 Å². The number of hydrogen-bond acceptors (Lipinski definition) is 3. The molecule has 1 aliphatic carbocycles. The van der Waals surface area contributed by atoms with Crippen LogP contribution in [0.4, 0.5) is 0 Å². The number of nitrogens with zero attached hydrogens (tertiary/aromatic N) is 2. The van der Waals surface area contributed by atoms with E-state index in [0.717, 1.165) is 25.7 Å². The van der Waals surface area contributed by atoms with Gasteiger partial charge >= 0.3 is 0 Å². The lowest BCUT2D eigenvalue weighted by molar-refractivity contribution is 0.426. The molecule has 1 saturated carbocycles. The molecule has 5 nitrogen and oxygen atoms in total. The summed E-state index contributed by atoms with van der Waals surface area (Å²) in [5, 5.41) is 4.10. The number of sulfonamides is 1. The van der Waals surface area contributed by atoms with Gasteiger partial charge in [0.1, 0.15) is 4.90 Å². The monoisotopic (exact) mass is 285 g/mol. The minimum atomic E-state index is -3.43. The minimum absolute atomic E-state index is 0.0740. The van der Waals surface area contributed by atoms with E-state index < -0.39 is 10.0 Å². The van der Waals surface area contributed by atoms with Crippen molar-refractivity contribution in [3.8, 4) is 0 Å². The van der Waals surface area contributed by atoms with Crippen LogP contribution in [0, 0.1) is 6.92 Å². The smallest absolute Gasteiger partial charge is 0.244 e. The molecule has 0 unspecified atom stereocenters. The van der Waals surface area contributed by atoms with Crippen LogP contribution >= 0.6 is 0 Å². The van der Waals surface area contributed by atoms with Gasteiger partial charge in [-0.3, -0.25) is 4.68 Å². The van der Waals surface area contributed by atoms with Crippen LogP contribution in [0.25, 0.3) is 0 Å². The number of hydrogen-bond donors (Lipinski definition) is 1. The van der Waals surface area contributed by atoms with E-state index in [1.165, 1.54) is 19.3 Å². The van der Waals surface area contributed by atoms with Crippen LogP contribution in [-0.2, 0) is 17.1 Å². The van der Waals surface area contributed by atoms with Crippen LogP contribution in [-0.4, -0.2) is 24.2 Å². The van der Waals surface area contributed by atoms with Gasteiger partial charge in [-0.2, -0.15) is 5.10 Å². The van der Waals surface area contributed by atoms with E-state index in [-0.39, 0.29) is 6.04 Å². The lowest BCUT2D eigenvalue weighted by atomic mass is 9.97. The van der Waals surface area contributed by atoms with Gasteiger partial charge in [-0.05, 0) is 19.8 Å². The number of aryl methyl sites for hydroxylation is 2. The Morgan fingerprint density at radius 1 is 1.21 bits per heavy atom. The first kappa shape index (κ1) is 14.5. The molecule has 108 valence electrons. The van der Waals surface area contributed by atoms with Gasteiger partial charge in [0, 0.05) is 19.3 Å². The predicted octanol–water partition coefficient (Wildman–Crippen LogP) is 2.12. The quantitative estimate of drug-likeness (QED) is 0.925. The Kier molecular flexibility index (Phi) is 4.62. The third-order valence-corrected chi connectivity index (χ3v) is 5.31. The first-order valence-electron chi connectivity index (χ1n) is 7.01.